The summed E-state index contributed by atoms with van der Waals surface area (Å²) in [4.78, 5) is 32.8. The van der Waals surface area contributed by atoms with E-state index in [4.69, 9.17) is 9.72 Å². The first-order chi connectivity index (χ1) is 18.4. The van der Waals surface area contributed by atoms with Crippen LogP contribution in [0.25, 0.3) is 0 Å². The molecule has 3 aromatic carbocycles. The number of carbonyl (C=O) groups excluding carboxylic acids is 1. The summed E-state index contributed by atoms with van der Waals surface area (Å²) in [5.74, 6) is 0.693. The Bertz CT molecular complexity index is 1440. The molecule has 38 heavy (non-hydrogen) atoms. The number of fused-ring (bicyclic) bond motifs is 1. The van der Waals surface area contributed by atoms with Crippen molar-refractivity contribution in [2.24, 2.45) is 0 Å². The second kappa shape index (κ2) is 10.8. The largest absolute Gasteiger partial charge is 0.435 e. The Kier molecular flexibility index (Phi) is 7.17. The molecule has 0 radical (unpaired) electrons. The first-order valence-electron chi connectivity index (χ1n) is 12.1. The summed E-state index contributed by atoms with van der Waals surface area (Å²) in [6.45, 7) is -0.743. The van der Waals surface area contributed by atoms with Crippen molar-refractivity contribution in [2.45, 2.75) is 32.5 Å². The first kappa shape index (κ1) is 25.1. The van der Waals surface area contributed by atoms with E-state index in [9.17, 15) is 18.4 Å². The van der Waals surface area contributed by atoms with E-state index in [0.717, 1.165) is 11.1 Å². The normalized spacial score (nSPS) is 12.9. The van der Waals surface area contributed by atoms with Crippen molar-refractivity contribution in [2.75, 3.05) is 6.54 Å². The van der Waals surface area contributed by atoms with Crippen molar-refractivity contribution in [3.63, 3.8) is 0 Å². The molecule has 9 heteroatoms. The zero-order valence-corrected chi connectivity index (χ0v) is 20.6. The third-order valence-corrected chi connectivity index (χ3v) is 6.44. The van der Waals surface area contributed by atoms with Crippen LogP contribution < -0.4 is 15.0 Å². The van der Waals surface area contributed by atoms with E-state index in [1.165, 1.54) is 29.2 Å². The third-order valence-electron chi connectivity index (χ3n) is 6.44. The van der Waals surface area contributed by atoms with Crippen molar-refractivity contribution in [3.8, 4) is 11.5 Å². The van der Waals surface area contributed by atoms with Gasteiger partial charge in [0.15, 0.2) is 0 Å². The van der Waals surface area contributed by atoms with E-state index < -0.39 is 12.7 Å². The Morgan fingerprint density at radius 1 is 0.895 bits per heavy atom. The number of benzene rings is 3. The summed E-state index contributed by atoms with van der Waals surface area (Å²) in [5, 5.41) is 0. The van der Waals surface area contributed by atoms with Crippen LogP contribution in [0.1, 0.15) is 34.3 Å². The zero-order chi connectivity index (χ0) is 26.6. The van der Waals surface area contributed by atoms with Gasteiger partial charge in [-0.3, -0.25) is 9.36 Å². The summed E-state index contributed by atoms with van der Waals surface area (Å²) in [6, 6.07) is 24.6. The lowest BCUT2D eigenvalue weighted by molar-refractivity contribution is -0.0498. The molecule has 0 saturated heterocycles. The molecule has 0 aliphatic carbocycles. The summed E-state index contributed by atoms with van der Waals surface area (Å²) < 4.78 is 36.1. The fourth-order valence-electron chi connectivity index (χ4n) is 4.70. The van der Waals surface area contributed by atoms with Gasteiger partial charge in [-0.1, -0.05) is 60.7 Å². The van der Waals surface area contributed by atoms with Gasteiger partial charge < -0.3 is 14.4 Å². The molecule has 0 N–H and O–H groups in total. The molecule has 2 heterocycles. The summed E-state index contributed by atoms with van der Waals surface area (Å²) in [7, 11) is 0. The molecule has 7 nitrogen and oxygen atoms in total. The minimum Gasteiger partial charge on any atom is -0.435 e. The molecule has 4 aromatic rings. The van der Waals surface area contributed by atoms with E-state index in [0.29, 0.717) is 23.5 Å². The Morgan fingerprint density at radius 3 is 2.05 bits per heavy atom. The van der Waals surface area contributed by atoms with E-state index in [1.54, 1.807) is 11.5 Å². The highest BCUT2D eigenvalue weighted by atomic mass is 19.3. The molecule has 0 spiro atoms. The van der Waals surface area contributed by atoms with Crippen LogP contribution in [-0.4, -0.2) is 33.7 Å². The fourth-order valence-corrected chi connectivity index (χ4v) is 4.70. The van der Waals surface area contributed by atoms with Crippen LogP contribution in [0.2, 0.25) is 0 Å². The maximum absolute atomic E-state index is 13.8. The Hall–Kier alpha value is -4.53. The van der Waals surface area contributed by atoms with Gasteiger partial charge >= 0.3 is 12.7 Å². The summed E-state index contributed by atoms with van der Waals surface area (Å²) >= 11 is 0. The van der Waals surface area contributed by atoms with Crippen molar-refractivity contribution in [1.29, 1.82) is 0 Å². The van der Waals surface area contributed by atoms with Crippen LogP contribution >= 0.6 is 0 Å². The molecule has 1 aliphatic heterocycles. The minimum absolute atomic E-state index is 0.0352. The molecule has 0 fully saturated rings. The zero-order valence-electron chi connectivity index (χ0n) is 20.6. The molecule has 1 aliphatic rings. The summed E-state index contributed by atoms with van der Waals surface area (Å²) in [5.41, 5.74) is 2.92. The second-order valence-corrected chi connectivity index (χ2v) is 8.87. The molecule has 0 bridgehead atoms. The van der Waals surface area contributed by atoms with Gasteiger partial charge in [0.05, 0.1) is 18.3 Å². The number of rotatable bonds is 6. The predicted octanol–water partition coefficient (Wildman–Crippen LogP) is 5.35. The van der Waals surface area contributed by atoms with Gasteiger partial charge in [-0.2, -0.15) is 8.78 Å². The number of ether oxygens (including phenoxy) is 2. The highest BCUT2D eigenvalue weighted by Crippen LogP contribution is 2.28. The van der Waals surface area contributed by atoms with Crippen molar-refractivity contribution in [3.05, 3.63) is 123 Å². The van der Waals surface area contributed by atoms with E-state index in [-0.39, 0.29) is 36.2 Å². The van der Waals surface area contributed by atoms with Gasteiger partial charge in [0.2, 0.25) is 0 Å². The topological polar surface area (TPSA) is 73.7 Å². The van der Waals surface area contributed by atoms with Gasteiger partial charge in [-0.15, -0.1) is 0 Å². The number of aryl methyl sites for hydroxylation is 1. The maximum atomic E-state index is 13.8. The lowest BCUT2D eigenvalue weighted by Crippen LogP contribution is -2.43. The minimum atomic E-state index is -2.94. The lowest BCUT2D eigenvalue weighted by Gasteiger charge is -2.30. The van der Waals surface area contributed by atoms with Crippen LogP contribution in [0.4, 0.5) is 13.6 Å². The first-order valence-corrected chi connectivity index (χ1v) is 12.1. The highest BCUT2D eigenvalue weighted by molar-refractivity contribution is 5.71. The molecule has 1 aromatic heterocycles. The monoisotopic (exact) mass is 517 g/mol. The standard InChI is InChI=1S/C29H25F2N3O4/c1-19-32-25-18-33(29(36)38-23-14-12-22(13-15-23)37-28(30)31)17-16-24(25)27(35)34(19)26(20-8-4-2-5-9-20)21-10-6-3-7-11-21/h2-15,26,28H,16-18H2,1H3. The van der Waals surface area contributed by atoms with E-state index in [2.05, 4.69) is 4.74 Å². The van der Waals surface area contributed by atoms with Crippen LogP contribution in [0.3, 0.4) is 0 Å². The molecule has 0 saturated carbocycles. The third kappa shape index (κ3) is 5.27. The Balaban J connectivity index is 1.40. The number of carbonyl (C=O) groups is 1. The van der Waals surface area contributed by atoms with Crippen LogP contribution in [0.5, 0.6) is 11.5 Å². The molecule has 1 amide bonds. The second-order valence-electron chi connectivity index (χ2n) is 8.87. The number of hydrogen-bond donors (Lipinski definition) is 0. The summed E-state index contributed by atoms with van der Waals surface area (Å²) in [6.07, 6.45) is -0.290. The average Bonchev–Trinajstić information content (AvgIpc) is 2.92. The van der Waals surface area contributed by atoms with Crippen molar-refractivity contribution < 1.29 is 23.0 Å². The van der Waals surface area contributed by atoms with Gasteiger partial charge in [-0.25, -0.2) is 9.78 Å². The smallest absolute Gasteiger partial charge is 0.415 e. The number of aromatic nitrogens is 2. The van der Waals surface area contributed by atoms with Crippen LogP contribution in [0, 0.1) is 6.92 Å². The number of amides is 1. The van der Waals surface area contributed by atoms with Crippen molar-refractivity contribution >= 4 is 6.09 Å². The number of hydrogen-bond acceptors (Lipinski definition) is 5. The molecule has 0 atom stereocenters. The van der Waals surface area contributed by atoms with Crippen LogP contribution in [0.15, 0.2) is 89.7 Å². The van der Waals surface area contributed by atoms with Crippen LogP contribution in [-0.2, 0) is 13.0 Å². The highest BCUT2D eigenvalue weighted by Gasteiger charge is 2.29. The quantitative estimate of drug-likeness (QED) is 0.345. The van der Waals surface area contributed by atoms with Gasteiger partial charge in [0.25, 0.3) is 5.56 Å². The Morgan fingerprint density at radius 2 is 1.47 bits per heavy atom. The molecule has 194 valence electrons. The fraction of sp³-hybridized carbons (Fsp3) is 0.207. The molecule has 0 unspecified atom stereocenters. The predicted molar refractivity (Wildman–Crippen MR) is 137 cm³/mol. The van der Waals surface area contributed by atoms with Crippen molar-refractivity contribution in [1.82, 2.24) is 14.5 Å². The number of halogens is 2. The van der Waals surface area contributed by atoms with E-state index in [1.807, 2.05) is 60.7 Å². The maximum Gasteiger partial charge on any atom is 0.415 e. The number of alkyl halides is 2. The molecule has 5 rings (SSSR count). The van der Waals surface area contributed by atoms with Gasteiger partial charge in [0, 0.05) is 12.1 Å². The molecular formula is C29H25F2N3O4. The Labute approximate surface area is 217 Å². The number of nitrogens with zero attached hydrogens (tertiary/aromatic N) is 3. The lowest BCUT2D eigenvalue weighted by atomic mass is 9.97. The molecular weight excluding hydrogens is 492 g/mol. The van der Waals surface area contributed by atoms with E-state index >= 15 is 0 Å². The SMILES string of the molecule is Cc1nc2c(c(=O)n1C(c1ccccc1)c1ccccc1)CCN(C(=O)Oc1ccc(OC(F)F)cc1)C2. The average molecular weight is 518 g/mol. The van der Waals surface area contributed by atoms with Gasteiger partial charge in [0.1, 0.15) is 17.3 Å². The van der Waals surface area contributed by atoms with Gasteiger partial charge in [-0.05, 0) is 48.7 Å².